The van der Waals surface area contributed by atoms with E-state index in [2.05, 4.69) is 57.8 Å². The topological polar surface area (TPSA) is 45.2 Å². The molecule has 0 bridgehead atoms. The molecule has 27 heavy (non-hydrogen) atoms. The van der Waals surface area contributed by atoms with Crippen molar-refractivity contribution in [3.8, 4) is 0 Å². The van der Waals surface area contributed by atoms with Crippen LogP contribution in [0.4, 0.5) is 5.82 Å². The van der Waals surface area contributed by atoms with Gasteiger partial charge in [-0.15, -0.1) is 11.3 Å². The zero-order chi connectivity index (χ0) is 18.6. The number of likely N-dealkylation sites (tertiary alicyclic amines) is 1. The van der Waals surface area contributed by atoms with Gasteiger partial charge in [-0.25, -0.2) is 15.0 Å². The Labute approximate surface area is 165 Å². The van der Waals surface area contributed by atoms with E-state index in [4.69, 9.17) is 0 Å². The van der Waals surface area contributed by atoms with Crippen LogP contribution in [0.15, 0.2) is 18.6 Å². The van der Waals surface area contributed by atoms with Crippen molar-refractivity contribution in [1.29, 1.82) is 0 Å². The van der Waals surface area contributed by atoms with Crippen LogP contribution in [0.5, 0.6) is 0 Å². The molecule has 0 N–H and O–H groups in total. The highest BCUT2D eigenvalue weighted by atomic mass is 32.1. The van der Waals surface area contributed by atoms with Crippen molar-refractivity contribution in [2.45, 2.75) is 51.5 Å². The van der Waals surface area contributed by atoms with Gasteiger partial charge in [-0.05, 0) is 24.7 Å². The van der Waals surface area contributed by atoms with Gasteiger partial charge >= 0.3 is 0 Å². The zero-order valence-electron chi connectivity index (χ0n) is 16.6. The van der Waals surface area contributed by atoms with Gasteiger partial charge in [0.05, 0.1) is 10.7 Å². The van der Waals surface area contributed by atoms with Crippen LogP contribution in [0.3, 0.4) is 0 Å². The summed E-state index contributed by atoms with van der Waals surface area (Å²) in [5, 5.41) is 1.37. The molecule has 144 valence electrons. The number of hydrogen-bond donors (Lipinski definition) is 0. The number of rotatable bonds is 4. The smallest absolute Gasteiger partial charge is 0.132 e. The maximum absolute atomic E-state index is 4.64. The van der Waals surface area contributed by atoms with E-state index in [1.807, 2.05) is 11.3 Å². The Bertz CT molecular complexity index is 808. The van der Waals surface area contributed by atoms with E-state index in [0.717, 1.165) is 48.9 Å². The van der Waals surface area contributed by atoms with Crippen molar-refractivity contribution in [2.24, 2.45) is 11.8 Å². The molecule has 1 saturated carbocycles. The molecule has 2 aromatic heterocycles. The molecule has 0 spiro atoms. The highest BCUT2D eigenvalue weighted by Crippen LogP contribution is 2.42. The lowest BCUT2D eigenvalue weighted by molar-refractivity contribution is 0.311. The normalized spacial score (nSPS) is 26.0. The van der Waals surface area contributed by atoms with Crippen molar-refractivity contribution in [2.75, 3.05) is 31.1 Å². The predicted molar refractivity (Wildman–Crippen MR) is 109 cm³/mol. The zero-order valence-corrected chi connectivity index (χ0v) is 17.4. The molecule has 4 heterocycles. The molecule has 6 heteroatoms. The first kappa shape index (κ1) is 17.6. The van der Waals surface area contributed by atoms with Crippen LogP contribution >= 0.6 is 11.3 Å². The molecule has 5 rings (SSSR count). The Balaban J connectivity index is 1.20. The first-order valence-electron chi connectivity index (χ1n) is 10.2. The van der Waals surface area contributed by atoms with Gasteiger partial charge in [0.15, 0.2) is 0 Å². The minimum atomic E-state index is 0.0676. The average molecular weight is 384 g/mol. The summed E-state index contributed by atoms with van der Waals surface area (Å²) < 4.78 is 0. The summed E-state index contributed by atoms with van der Waals surface area (Å²) in [4.78, 5) is 20.2. The van der Waals surface area contributed by atoms with Crippen molar-refractivity contribution in [3.05, 3.63) is 34.2 Å². The number of aromatic nitrogens is 3. The standard InChI is InChI=1S/C21H29N5S/c1-21(2,3)18-6-19(24-13-23-18)26-10-15-8-25(9-16(15)11-26)12-17-7-22-20(27-17)14-4-5-14/h6-7,13-16H,4-5,8-12H2,1-3H3. The number of fused-ring (bicyclic) bond motifs is 1. The third-order valence-electron chi connectivity index (χ3n) is 6.18. The number of anilines is 1. The molecule has 2 atom stereocenters. The van der Waals surface area contributed by atoms with Crippen LogP contribution in [-0.4, -0.2) is 46.0 Å². The lowest BCUT2D eigenvalue weighted by atomic mass is 9.92. The van der Waals surface area contributed by atoms with Crippen LogP contribution in [0.1, 0.15) is 55.1 Å². The highest BCUT2D eigenvalue weighted by molar-refractivity contribution is 7.11. The molecular weight excluding hydrogens is 354 g/mol. The largest absolute Gasteiger partial charge is 0.356 e. The van der Waals surface area contributed by atoms with Crippen LogP contribution < -0.4 is 4.90 Å². The second-order valence-corrected chi connectivity index (χ2v) is 10.7. The molecule has 2 aromatic rings. The van der Waals surface area contributed by atoms with E-state index in [0.29, 0.717) is 0 Å². The molecule has 0 amide bonds. The Kier molecular flexibility index (Phi) is 4.24. The molecular formula is C21H29N5S. The summed E-state index contributed by atoms with van der Waals surface area (Å²) in [5.74, 6) is 3.40. The van der Waals surface area contributed by atoms with Crippen LogP contribution in [0.25, 0.3) is 0 Å². The fourth-order valence-corrected chi connectivity index (χ4v) is 5.60. The summed E-state index contributed by atoms with van der Waals surface area (Å²) in [6, 6.07) is 2.19. The van der Waals surface area contributed by atoms with Crippen LogP contribution in [0, 0.1) is 11.8 Å². The van der Waals surface area contributed by atoms with Crippen molar-refractivity contribution >= 4 is 17.2 Å². The summed E-state index contributed by atoms with van der Waals surface area (Å²) in [6.45, 7) is 12.4. The Morgan fingerprint density at radius 2 is 1.78 bits per heavy atom. The third kappa shape index (κ3) is 3.61. The van der Waals surface area contributed by atoms with Gasteiger partial charge in [0.2, 0.25) is 0 Å². The number of nitrogens with zero attached hydrogens (tertiary/aromatic N) is 5. The maximum atomic E-state index is 4.64. The average Bonchev–Trinajstić information content (AvgIpc) is 3.06. The maximum Gasteiger partial charge on any atom is 0.132 e. The van der Waals surface area contributed by atoms with Crippen molar-refractivity contribution in [3.63, 3.8) is 0 Å². The van der Waals surface area contributed by atoms with Gasteiger partial charge in [-0.3, -0.25) is 4.90 Å². The molecule has 2 aliphatic heterocycles. The van der Waals surface area contributed by atoms with E-state index in [1.165, 1.54) is 35.8 Å². The SMILES string of the molecule is CC(C)(C)c1cc(N2CC3CN(Cc4cnc(C5CC5)s4)CC3C2)ncn1. The fourth-order valence-electron chi connectivity index (χ4n) is 4.47. The Morgan fingerprint density at radius 3 is 2.44 bits per heavy atom. The molecule has 5 nitrogen and oxygen atoms in total. The monoisotopic (exact) mass is 383 g/mol. The molecule has 2 saturated heterocycles. The van der Waals surface area contributed by atoms with E-state index >= 15 is 0 Å². The first-order valence-corrected chi connectivity index (χ1v) is 11.0. The summed E-state index contributed by atoms with van der Waals surface area (Å²) in [6.07, 6.45) is 6.54. The molecule has 3 fully saturated rings. The van der Waals surface area contributed by atoms with Gasteiger partial charge in [0.1, 0.15) is 12.1 Å². The van der Waals surface area contributed by atoms with Gasteiger partial charge in [-0.2, -0.15) is 0 Å². The van der Waals surface area contributed by atoms with E-state index in [1.54, 1.807) is 6.33 Å². The highest BCUT2D eigenvalue weighted by Gasteiger charge is 2.40. The quantitative estimate of drug-likeness (QED) is 0.806. The lowest BCUT2D eigenvalue weighted by Crippen LogP contribution is -2.29. The lowest BCUT2D eigenvalue weighted by Gasteiger charge is -2.24. The molecule has 0 radical (unpaired) electrons. The molecule has 1 aliphatic carbocycles. The summed E-state index contributed by atoms with van der Waals surface area (Å²) in [7, 11) is 0. The Morgan fingerprint density at radius 1 is 1.04 bits per heavy atom. The first-order chi connectivity index (χ1) is 13.0. The van der Waals surface area contributed by atoms with Crippen molar-refractivity contribution in [1.82, 2.24) is 19.9 Å². The minimum absolute atomic E-state index is 0.0676. The van der Waals surface area contributed by atoms with E-state index < -0.39 is 0 Å². The van der Waals surface area contributed by atoms with Crippen LogP contribution in [-0.2, 0) is 12.0 Å². The second-order valence-electron chi connectivity index (χ2n) is 9.57. The second kappa shape index (κ2) is 6.52. The molecule has 3 aliphatic rings. The van der Waals surface area contributed by atoms with E-state index in [9.17, 15) is 0 Å². The summed E-state index contributed by atoms with van der Waals surface area (Å²) in [5.41, 5.74) is 1.20. The van der Waals surface area contributed by atoms with Gasteiger partial charge in [-0.1, -0.05) is 20.8 Å². The summed E-state index contributed by atoms with van der Waals surface area (Å²) >= 11 is 1.94. The molecule has 0 aromatic carbocycles. The molecule has 2 unspecified atom stereocenters. The third-order valence-corrected chi connectivity index (χ3v) is 7.33. The number of thiazole rings is 1. The van der Waals surface area contributed by atoms with Crippen LogP contribution in [0.2, 0.25) is 0 Å². The van der Waals surface area contributed by atoms with Gasteiger partial charge < -0.3 is 4.90 Å². The fraction of sp³-hybridized carbons (Fsp3) is 0.667. The van der Waals surface area contributed by atoms with E-state index in [-0.39, 0.29) is 5.41 Å². The van der Waals surface area contributed by atoms with Gasteiger partial charge in [0, 0.05) is 61.2 Å². The predicted octanol–water partition coefficient (Wildman–Crippen LogP) is 3.68. The number of hydrogen-bond acceptors (Lipinski definition) is 6. The van der Waals surface area contributed by atoms with Gasteiger partial charge in [0.25, 0.3) is 0 Å². The van der Waals surface area contributed by atoms with Crippen molar-refractivity contribution < 1.29 is 0 Å². The minimum Gasteiger partial charge on any atom is -0.356 e. The Hall–Kier alpha value is -1.53.